The summed E-state index contributed by atoms with van der Waals surface area (Å²) in [5, 5.41) is 0.577. The molecule has 126 valence electrons. The van der Waals surface area contributed by atoms with Crippen molar-refractivity contribution in [2.24, 2.45) is 5.92 Å². The molecule has 24 heavy (non-hydrogen) atoms. The van der Waals surface area contributed by atoms with Gasteiger partial charge in [-0.15, -0.1) is 0 Å². The molecule has 1 aromatic carbocycles. The van der Waals surface area contributed by atoms with E-state index in [2.05, 4.69) is 0 Å². The lowest BCUT2D eigenvalue weighted by Crippen LogP contribution is -2.37. The first-order chi connectivity index (χ1) is 11.5. The third kappa shape index (κ3) is 3.17. The normalized spacial score (nSPS) is 17.4. The van der Waals surface area contributed by atoms with Gasteiger partial charge in [-0.25, -0.2) is 0 Å². The second-order valence-electron chi connectivity index (χ2n) is 6.04. The molecule has 0 saturated carbocycles. The Bertz CT molecular complexity index is 758. The number of hydrogen-bond acceptors (Lipinski definition) is 3. The van der Waals surface area contributed by atoms with E-state index in [0.717, 1.165) is 11.3 Å². The van der Waals surface area contributed by atoms with Crippen molar-refractivity contribution >= 4 is 29.1 Å². The van der Waals surface area contributed by atoms with Crippen LogP contribution in [0.4, 0.5) is 5.69 Å². The second kappa shape index (κ2) is 6.69. The number of anilines is 1. The van der Waals surface area contributed by atoms with Crippen LogP contribution < -0.4 is 4.90 Å². The van der Waals surface area contributed by atoms with Crippen LogP contribution in [0.3, 0.4) is 0 Å². The summed E-state index contributed by atoms with van der Waals surface area (Å²) in [5.74, 6) is -0.308. The van der Waals surface area contributed by atoms with Gasteiger partial charge in [0.25, 0.3) is 0 Å². The van der Waals surface area contributed by atoms with Crippen LogP contribution in [0.2, 0.25) is 5.02 Å². The van der Waals surface area contributed by atoms with E-state index in [0.29, 0.717) is 30.3 Å². The molecule has 1 aliphatic rings. The van der Waals surface area contributed by atoms with Gasteiger partial charge in [0, 0.05) is 24.3 Å². The van der Waals surface area contributed by atoms with Gasteiger partial charge < -0.3 is 14.2 Å². The molecule has 0 bridgehead atoms. The first-order valence-corrected chi connectivity index (χ1v) is 8.20. The van der Waals surface area contributed by atoms with Gasteiger partial charge in [0.2, 0.25) is 11.8 Å². The van der Waals surface area contributed by atoms with Crippen molar-refractivity contribution in [2.75, 3.05) is 18.5 Å². The molecule has 6 heteroatoms. The van der Waals surface area contributed by atoms with E-state index < -0.39 is 5.92 Å². The SMILES string of the molecule is Cc1ccc(Cl)cc1N1CCC(C(=O)N(C)Cc2ccco2)C1=O. The molecule has 1 aromatic heterocycles. The molecule has 2 aromatic rings. The molecule has 5 nitrogen and oxygen atoms in total. The molecule has 0 spiro atoms. The molecule has 0 N–H and O–H groups in total. The molecule has 1 atom stereocenters. The van der Waals surface area contributed by atoms with Crippen molar-refractivity contribution in [1.82, 2.24) is 4.90 Å². The number of benzene rings is 1. The molecule has 0 radical (unpaired) electrons. The van der Waals surface area contributed by atoms with Gasteiger partial charge in [-0.2, -0.15) is 0 Å². The van der Waals surface area contributed by atoms with E-state index in [9.17, 15) is 9.59 Å². The van der Waals surface area contributed by atoms with Gasteiger partial charge in [-0.3, -0.25) is 9.59 Å². The maximum atomic E-state index is 12.7. The lowest BCUT2D eigenvalue weighted by Gasteiger charge is -2.21. The van der Waals surface area contributed by atoms with Crippen LogP contribution in [-0.2, 0) is 16.1 Å². The van der Waals surface area contributed by atoms with Crippen molar-refractivity contribution in [2.45, 2.75) is 19.9 Å². The Kier molecular flexibility index (Phi) is 4.62. The summed E-state index contributed by atoms with van der Waals surface area (Å²) < 4.78 is 5.26. The molecular weight excluding hydrogens is 328 g/mol. The summed E-state index contributed by atoms with van der Waals surface area (Å²) in [6.45, 7) is 2.80. The number of halogens is 1. The number of rotatable bonds is 4. The third-order valence-corrected chi connectivity index (χ3v) is 4.55. The average molecular weight is 347 g/mol. The molecule has 2 heterocycles. The number of carbonyl (C=O) groups is 2. The predicted octanol–water partition coefficient (Wildman–Crippen LogP) is 3.25. The predicted molar refractivity (Wildman–Crippen MR) is 91.8 cm³/mol. The van der Waals surface area contributed by atoms with Crippen molar-refractivity contribution in [3.05, 3.63) is 52.9 Å². The number of furan rings is 1. The van der Waals surface area contributed by atoms with Crippen molar-refractivity contribution in [3.8, 4) is 0 Å². The summed E-state index contributed by atoms with van der Waals surface area (Å²) in [7, 11) is 1.69. The first kappa shape index (κ1) is 16.6. The molecular formula is C18H19ClN2O3. The fourth-order valence-electron chi connectivity index (χ4n) is 3.00. The Morgan fingerprint density at radius 3 is 2.92 bits per heavy atom. The zero-order valence-electron chi connectivity index (χ0n) is 13.7. The molecule has 1 saturated heterocycles. The number of nitrogens with zero attached hydrogens (tertiary/aromatic N) is 2. The molecule has 1 unspecified atom stereocenters. The smallest absolute Gasteiger partial charge is 0.239 e. The van der Waals surface area contributed by atoms with Gasteiger partial charge in [0.1, 0.15) is 11.7 Å². The van der Waals surface area contributed by atoms with E-state index >= 15 is 0 Å². The summed E-state index contributed by atoms with van der Waals surface area (Å²) in [6.07, 6.45) is 2.07. The Hall–Kier alpha value is -2.27. The van der Waals surface area contributed by atoms with Crippen LogP contribution in [-0.4, -0.2) is 30.3 Å². The van der Waals surface area contributed by atoms with Crippen molar-refractivity contribution in [3.63, 3.8) is 0 Å². The highest BCUT2D eigenvalue weighted by Crippen LogP contribution is 2.31. The fraction of sp³-hybridized carbons (Fsp3) is 0.333. The Morgan fingerprint density at radius 1 is 1.42 bits per heavy atom. The van der Waals surface area contributed by atoms with Gasteiger partial charge in [-0.1, -0.05) is 17.7 Å². The third-order valence-electron chi connectivity index (χ3n) is 4.31. The van der Waals surface area contributed by atoms with Crippen LogP contribution in [0, 0.1) is 12.8 Å². The van der Waals surface area contributed by atoms with Crippen molar-refractivity contribution < 1.29 is 14.0 Å². The first-order valence-electron chi connectivity index (χ1n) is 7.82. The maximum absolute atomic E-state index is 12.7. The fourth-order valence-corrected chi connectivity index (χ4v) is 3.17. The average Bonchev–Trinajstić information content (AvgIpc) is 3.19. The van der Waals surface area contributed by atoms with E-state index in [1.807, 2.05) is 19.1 Å². The van der Waals surface area contributed by atoms with Crippen LogP contribution >= 0.6 is 11.6 Å². The monoisotopic (exact) mass is 346 g/mol. The Labute approximate surface area is 145 Å². The summed E-state index contributed by atoms with van der Waals surface area (Å²) in [4.78, 5) is 28.5. The van der Waals surface area contributed by atoms with E-state index in [-0.39, 0.29) is 11.8 Å². The lowest BCUT2D eigenvalue weighted by atomic mass is 10.1. The minimum atomic E-state index is -0.650. The van der Waals surface area contributed by atoms with E-state index in [4.69, 9.17) is 16.0 Å². The van der Waals surface area contributed by atoms with Crippen LogP contribution in [0.5, 0.6) is 0 Å². The maximum Gasteiger partial charge on any atom is 0.239 e. The van der Waals surface area contributed by atoms with Crippen LogP contribution in [0.25, 0.3) is 0 Å². The summed E-state index contributed by atoms with van der Waals surface area (Å²) in [6, 6.07) is 9.03. The minimum Gasteiger partial charge on any atom is -0.467 e. The summed E-state index contributed by atoms with van der Waals surface area (Å²) in [5.41, 5.74) is 1.74. The van der Waals surface area contributed by atoms with E-state index in [1.165, 1.54) is 4.90 Å². The number of hydrogen-bond donors (Lipinski definition) is 0. The highest BCUT2D eigenvalue weighted by Gasteiger charge is 2.39. The van der Waals surface area contributed by atoms with E-state index in [1.54, 1.807) is 36.4 Å². The zero-order chi connectivity index (χ0) is 17.3. The topological polar surface area (TPSA) is 53.8 Å². The lowest BCUT2D eigenvalue weighted by molar-refractivity contribution is -0.139. The van der Waals surface area contributed by atoms with Crippen LogP contribution in [0.1, 0.15) is 17.7 Å². The second-order valence-corrected chi connectivity index (χ2v) is 6.47. The molecule has 3 rings (SSSR count). The number of carbonyl (C=O) groups excluding carboxylic acids is 2. The Balaban J connectivity index is 1.73. The molecule has 2 amide bonds. The molecule has 0 aliphatic carbocycles. The zero-order valence-corrected chi connectivity index (χ0v) is 14.4. The van der Waals surface area contributed by atoms with Gasteiger partial charge >= 0.3 is 0 Å². The molecule has 1 aliphatic heterocycles. The van der Waals surface area contributed by atoms with Crippen LogP contribution in [0.15, 0.2) is 41.0 Å². The standard InChI is InChI=1S/C18H19ClN2O3/c1-12-5-6-13(19)10-16(12)21-8-7-15(18(21)23)17(22)20(2)11-14-4-3-9-24-14/h3-6,9-10,15H,7-8,11H2,1-2H3. The Morgan fingerprint density at radius 2 is 2.21 bits per heavy atom. The van der Waals surface area contributed by atoms with Gasteiger partial charge in [0.15, 0.2) is 0 Å². The van der Waals surface area contributed by atoms with Gasteiger partial charge in [0.05, 0.1) is 12.8 Å². The van der Waals surface area contributed by atoms with Crippen molar-refractivity contribution in [1.29, 1.82) is 0 Å². The minimum absolute atomic E-state index is 0.170. The number of aryl methyl sites for hydroxylation is 1. The number of amides is 2. The largest absolute Gasteiger partial charge is 0.467 e. The van der Waals surface area contributed by atoms with Gasteiger partial charge in [-0.05, 0) is 43.2 Å². The molecule has 1 fully saturated rings. The highest BCUT2D eigenvalue weighted by atomic mass is 35.5. The highest BCUT2D eigenvalue weighted by molar-refractivity contribution is 6.31. The quantitative estimate of drug-likeness (QED) is 0.798. The summed E-state index contributed by atoms with van der Waals surface area (Å²) >= 11 is 6.05.